The molecule has 1 heterocycles. The SMILES string of the molecule is Oc1c(F)ccc(Br)c1C1CCCNC1. The molecule has 4 heteroatoms. The highest BCUT2D eigenvalue weighted by molar-refractivity contribution is 9.10. The van der Waals surface area contributed by atoms with Crippen molar-refractivity contribution in [3.05, 3.63) is 28.0 Å². The summed E-state index contributed by atoms with van der Waals surface area (Å²) in [6.07, 6.45) is 2.05. The van der Waals surface area contributed by atoms with Gasteiger partial charge in [0.15, 0.2) is 11.6 Å². The molecule has 0 aromatic heterocycles. The second kappa shape index (κ2) is 4.49. The van der Waals surface area contributed by atoms with Gasteiger partial charge in [0, 0.05) is 22.5 Å². The van der Waals surface area contributed by atoms with Crippen LogP contribution in [0.1, 0.15) is 24.3 Å². The van der Waals surface area contributed by atoms with Crippen molar-refractivity contribution in [2.75, 3.05) is 13.1 Å². The molecule has 2 N–H and O–H groups in total. The fourth-order valence-corrected chi connectivity index (χ4v) is 2.69. The molecule has 1 saturated heterocycles. The zero-order valence-corrected chi connectivity index (χ0v) is 9.85. The lowest BCUT2D eigenvalue weighted by molar-refractivity contribution is 0.400. The molecule has 1 aliphatic heterocycles. The maximum Gasteiger partial charge on any atom is 0.165 e. The van der Waals surface area contributed by atoms with Gasteiger partial charge in [-0.2, -0.15) is 0 Å². The Bertz CT molecular complexity index is 364. The van der Waals surface area contributed by atoms with Crippen molar-refractivity contribution in [1.82, 2.24) is 5.32 Å². The second-order valence-corrected chi connectivity index (χ2v) is 4.69. The Kier molecular flexibility index (Phi) is 3.26. The Morgan fingerprint density at radius 1 is 1.47 bits per heavy atom. The molecule has 0 amide bonds. The van der Waals surface area contributed by atoms with Gasteiger partial charge in [-0.25, -0.2) is 4.39 Å². The highest BCUT2D eigenvalue weighted by Crippen LogP contribution is 2.37. The molecule has 2 rings (SSSR count). The monoisotopic (exact) mass is 273 g/mol. The van der Waals surface area contributed by atoms with E-state index in [1.165, 1.54) is 6.07 Å². The maximum absolute atomic E-state index is 13.2. The van der Waals surface area contributed by atoms with Gasteiger partial charge in [-0.1, -0.05) is 15.9 Å². The van der Waals surface area contributed by atoms with Crippen molar-refractivity contribution < 1.29 is 9.50 Å². The number of hydrogen-bond donors (Lipinski definition) is 2. The molecule has 1 aromatic carbocycles. The van der Waals surface area contributed by atoms with Crippen LogP contribution in [0.25, 0.3) is 0 Å². The summed E-state index contributed by atoms with van der Waals surface area (Å²) in [4.78, 5) is 0. The number of rotatable bonds is 1. The fraction of sp³-hybridized carbons (Fsp3) is 0.455. The molecule has 0 saturated carbocycles. The van der Waals surface area contributed by atoms with E-state index < -0.39 is 5.82 Å². The zero-order valence-electron chi connectivity index (χ0n) is 8.26. The summed E-state index contributed by atoms with van der Waals surface area (Å²) in [6, 6.07) is 2.93. The van der Waals surface area contributed by atoms with E-state index in [0.717, 1.165) is 30.4 Å². The first-order valence-corrected chi connectivity index (χ1v) is 5.87. The van der Waals surface area contributed by atoms with Crippen LogP contribution >= 0.6 is 15.9 Å². The minimum absolute atomic E-state index is 0.198. The molecule has 1 fully saturated rings. The Balaban J connectivity index is 2.36. The van der Waals surface area contributed by atoms with Gasteiger partial charge in [-0.05, 0) is 31.5 Å². The lowest BCUT2D eigenvalue weighted by atomic mass is 9.91. The molecule has 0 spiro atoms. The van der Waals surface area contributed by atoms with Gasteiger partial charge in [0.2, 0.25) is 0 Å². The van der Waals surface area contributed by atoms with Crippen LogP contribution in [0.4, 0.5) is 4.39 Å². The van der Waals surface area contributed by atoms with Crippen LogP contribution in [0, 0.1) is 5.82 Å². The second-order valence-electron chi connectivity index (χ2n) is 3.83. The van der Waals surface area contributed by atoms with E-state index >= 15 is 0 Å². The van der Waals surface area contributed by atoms with Crippen LogP contribution in [0.5, 0.6) is 5.75 Å². The summed E-state index contributed by atoms with van der Waals surface area (Å²) in [5.41, 5.74) is 0.696. The van der Waals surface area contributed by atoms with Gasteiger partial charge < -0.3 is 10.4 Å². The van der Waals surface area contributed by atoms with Crippen LogP contribution in [-0.2, 0) is 0 Å². The molecule has 82 valence electrons. The third-order valence-electron chi connectivity index (χ3n) is 2.82. The lowest BCUT2D eigenvalue weighted by Gasteiger charge is -2.24. The van der Waals surface area contributed by atoms with Crippen molar-refractivity contribution >= 4 is 15.9 Å². The van der Waals surface area contributed by atoms with E-state index in [-0.39, 0.29) is 11.7 Å². The van der Waals surface area contributed by atoms with Gasteiger partial charge in [0.25, 0.3) is 0 Å². The highest BCUT2D eigenvalue weighted by Gasteiger charge is 2.22. The number of hydrogen-bond acceptors (Lipinski definition) is 2. The van der Waals surface area contributed by atoms with Gasteiger partial charge in [0.1, 0.15) is 0 Å². The van der Waals surface area contributed by atoms with Crippen molar-refractivity contribution in [2.24, 2.45) is 0 Å². The quantitative estimate of drug-likeness (QED) is 0.825. The summed E-state index contributed by atoms with van der Waals surface area (Å²) in [5, 5.41) is 13.0. The fourth-order valence-electron chi connectivity index (χ4n) is 2.04. The maximum atomic E-state index is 13.2. The molecule has 0 radical (unpaired) electrons. The molecular weight excluding hydrogens is 261 g/mol. The van der Waals surface area contributed by atoms with Crippen molar-refractivity contribution in [3.63, 3.8) is 0 Å². The summed E-state index contributed by atoms with van der Waals surface area (Å²) < 4.78 is 14.0. The van der Waals surface area contributed by atoms with Crippen LogP contribution < -0.4 is 5.32 Å². The number of phenolic OH excluding ortho intramolecular Hbond substituents is 1. The summed E-state index contributed by atoms with van der Waals surface area (Å²) in [5.74, 6) is -0.555. The highest BCUT2D eigenvalue weighted by atomic mass is 79.9. The van der Waals surface area contributed by atoms with Crippen molar-refractivity contribution in [2.45, 2.75) is 18.8 Å². The number of phenols is 1. The number of nitrogens with one attached hydrogen (secondary N) is 1. The normalized spacial score (nSPS) is 21.6. The predicted octanol–water partition coefficient (Wildman–Crippen LogP) is 2.76. The Morgan fingerprint density at radius 2 is 2.27 bits per heavy atom. The summed E-state index contributed by atoms with van der Waals surface area (Å²) in [6.45, 7) is 1.81. The molecular formula is C11H13BrFNO. The molecule has 1 unspecified atom stereocenters. The van der Waals surface area contributed by atoms with Gasteiger partial charge in [-0.3, -0.25) is 0 Å². The Morgan fingerprint density at radius 3 is 2.93 bits per heavy atom. The Labute approximate surface area is 96.6 Å². The average Bonchev–Trinajstić information content (AvgIpc) is 2.26. The first kappa shape index (κ1) is 10.9. The average molecular weight is 274 g/mol. The first-order chi connectivity index (χ1) is 7.20. The van der Waals surface area contributed by atoms with Crippen molar-refractivity contribution in [3.8, 4) is 5.75 Å². The van der Waals surface area contributed by atoms with E-state index in [1.807, 2.05) is 0 Å². The standard InChI is InChI=1S/C11H13BrFNO/c12-8-3-4-9(13)11(15)10(8)7-2-1-5-14-6-7/h3-4,7,14-15H,1-2,5-6H2. The molecule has 15 heavy (non-hydrogen) atoms. The van der Waals surface area contributed by atoms with E-state index in [1.54, 1.807) is 6.07 Å². The molecule has 1 aromatic rings. The molecule has 1 atom stereocenters. The molecule has 1 aliphatic rings. The largest absolute Gasteiger partial charge is 0.505 e. The molecule has 0 bridgehead atoms. The van der Waals surface area contributed by atoms with E-state index in [9.17, 15) is 9.50 Å². The minimum Gasteiger partial charge on any atom is -0.505 e. The summed E-state index contributed by atoms with van der Waals surface area (Å²) >= 11 is 3.36. The number of halogens is 2. The van der Waals surface area contributed by atoms with E-state index in [2.05, 4.69) is 21.2 Å². The minimum atomic E-state index is -0.543. The van der Waals surface area contributed by atoms with Gasteiger partial charge in [-0.15, -0.1) is 0 Å². The topological polar surface area (TPSA) is 32.3 Å². The number of benzene rings is 1. The third kappa shape index (κ3) is 2.16. The van der Waals surface area contributed by atoms with Crippen molar-refractivity contribution in [1.29, 1.82) is 0 Å². The number of piperidine rings is 1. The third-order valence-corrected chi connectivity index (χ3v) is 3.51. The van der Waals surface area contributed by atoms with Gasteiger partial charge >= 0.3 is 0 Å². The van der Waals surface area contributed by atoms with Crippen LogP contribution in [-0.4, -0.2) is 18.2 Å². The first-order valence-electron chi connectivity index (χ1n) is 5.07. The van der Waals surface area contributed by atoms with Crippen LogP contribution in [0.2, 0.25) is 0 Å². The predicted molar refractivity (Wildman–Crippen MR) is 60.6 cm³/mol. The zero-order chi connectivity index (χ0) is 10.8. The van der Waals surface area contributed by atoms with Crippen LogP contribution in [0.3, 0.4) is 0 Å². The smallest absolute Gasteiger partial charge is 0.165 e. The Hall–Kier alpha value is -0.610. The van der Waals surface area contributed by atoms with E-state index in [4.69, 9.17) is 0 Å². The lowest BCUT2D eigenvalue weighted by Crippen LogP contribution is -2.28. The van der Waals surface area contributed by atoms with Gasteiger partial charge in [0.05, 0.1) is 0 Å². The van der Waals surface area contributed by atoms with Crippen LogP contribution in [0.15, 0.2) is 16.6 Å². The van der Waals surface area contributed by atoms with E-state index in [0.29, 0.717) is 5.56 Å². The molecule has 2 nitrogen and oxygen atoms in total. The number of aromatic hydroxyl groups is 1. The summed E-state index contributed by atoms with van der Waals surface area (Å²) in [7, 11) is 0. The molecule has 0 aliphatic carbocycles.